The Labute approximate surface area is 130 Å². The summed E-state index contributed by atoms with van der Waals surface area (Å²) < 4.78 is 1.55. The topological polar surface area (TPSA) is 34.9 Å². The molecule has 0 unspecified atom stereocenters. The van der Waals surface area contributed by atoms with Crippen molar-refractivity contribution in [1.82, 2.24) is 9.78 Å². The van der Waals surface area contributed by atoms with Gasteiger partial charge >= 0.3 is 0 Å². The molecule has 0 amide bonds. The van der Waals surface area contributed by atoms with Gasteiger partial charge in [0.1, 0.15) is 0 Å². The van der Waals surface area contributed by atoms with Crippen LogP contribution in [0.3, 0.4) is 0 Å². The van der Waals surface area contributed by atoms with Crippen molar-refractivity contribution in [2.75, 3.05) is 0 Å². The van der Waals surface area contributed by atoms with Crippen LogP contribution in [0.4, 0.5) is 0 Å². The molecule has 0 fully saturated rings. The maximum absolute atomic E-state index is 12.2. The molecule has 2 rings (SSSR count). The number of rotatable bonds is 5. The Hall–Kier alpha value is -1.61. The van der Waals surface area contributed by atoms with Gasteiger partial charge in [-0.25, -0.2) is 4.68 Å². The summed E-state index contributed by atoms with van der Waals surface area (Å²) in [6.07, 6.45) is 1.96. The number of alkyl halides is 1. The van der Waals surface area contributed by atoms with Crippen molar-refractivity contribution in [3.05, 3.63) is 51.3 Å². The van der Waals surface area contributed by atoms with E-state index in [2.05, 4.69) is 44.1 Å². The largest absolute Gasteiger partial charge is 0.271 e. The van der Waals surface area contributed by atoms with E-state index >= 15 is 0 Å². The zero-order valence-corrected chi connectivity index (χ0v) is 13.6. The fourth-order valence-corrected chi connectivity index (χ4v) is 2.58. The second-order valence-electron chi connectivity index (χ2n) is 5.39. The summed E-state index contributed by atoms with van der Waals surface area (Å²) in [5.74, 6) is 0.214. The molecule has 0 radical (unpaired) electrons. The predicted molar refractivity (Wildman–Crippen MR) is 87.9 cm³/mol. The molecule has 0 N–H and O–H groups in total. The lowest BCUT2D eigenvalue weighted by atomic mass is 10.0. The average Bonchev–Trinajstić information content (AvgIpc) is 2.46. The van der Waals surface area contributed by atoms with Gasteiger partial charge in [-0.1, -0.05) is 37.1 Å². The normalized spacial score (nSPS) is 10.9. The van der Waals surface area contributed by atoms with E-state index in [1.54, 1.807) is 4.68 Å². The third-order valence-electron chi connectivity index (χ3n) is 3.57. The molecule has 0 aliphatic heterocycles. The Kier molecular flexibility index (Phi) is 5.18. The number of halogens is 1. The Bertz CT molecular complexity index is 692. The third-order valence-corrected chi connectivity index (χ3v) is 3.86. The minimum absolute atomic E-state index is 0.0769. The molecule has 3 nitrogen and oxygen atoms in total. The van der Waals surface area contributed by atoms with Gasteiger partial charge in [-0.05, 0) is 31.9 Å². The van der Waals surface area contributed by atoms with Crippen molar-refractivity contribution in [1.29, 1.82) is 0 Å². The summed E-state index contributed by atoms with van der Waals surface area (Å²) in [4.78, 5) is 12.2. The van der Waals surface area contributed by atoms with Gasteiger partial charge in [0.05, 0.1) is 11.6 Å². The molecular weight excluding hydrogens is 284 g/mol. The van der Waals surface area contributed by atoms with Gasteiger partial charge in [-0.15, -0.1) is 11.6 Å². The first kappa shape index (κ1) is 15.8. The lowest BCUT2D eigenvalue weighted by molar-refractivity contribution is 0.542. The van der Waals surface area contributed by atoms with E-state index in [9.17, 15) is 4.79 Å². The highest BCUT2D eigenvalue weighted by Gasteiger charge is 2.11. The predicted octanol–water partition coefficient (Wildman–Crippen LogP) is 4.07. The lowest BCUT2D eigenvalue weighted by Gasteiger charge is -2.11. The quantitative estimate of drug-likeness (QED) is 0.781. The first-order valence-corrected chi connectivity index (χ1v) is 7.85. The molecule has 0 aliphatic rings. The number of hydrogen-bond acceptors (Lipinski definition) is 2. The summed E-state index contributed by atoms with van der Waals surface area (Å²) in [5.41, 5.74) is 4.78. The summed E-state index contributed by atoms with van der Waals surface area (Å²) in [6, 6.07) is 8.06. The number of hydrogen-bond donors (Lipinski definition) is 0. The van der Waals surface area contributed by atoms with E-state index in [1.807, 2.05) is 6.07 Å². The molecule has 2 aromatic rings. The van der Waals surface area contributed by atoms with Crippen molar-refractivity contribution in [2.24, 2.45) is 0 Å². The van der Waals surface area contributed by atoms with Crippen molar-refractivity contribution in [2.45, 2.75) is 46.0 Å². The van der Waals surface area contributed by atoms with E-state index in [0.29, 0.717) is 12.1 Å². The molecule has 0 atom stereocenters. The zero-order valence-electron chi connectivity index (χ0n) is 12.8. The van der Waals surface area contributed by atoms with Crippen LogP contribution in [-0.4, -0.2) is 9.78 Å². The van der Waals surface area contributed by atoms with Crippen LogP contribution >= 0.6 is 11.6 Å². The highest BCUT2D eigenvalue weighted by Crippen LogP contribution is 2.22. The standard InChI is InChI=1S/C17H21ClN2O/c1-4-5-8-20-17(21)14(11-18)10-16(19-20)15-7-6-12(2)9-13(15)3/h6-7,9-10H,4-5,8,11H2,1-3H3. The van der Waals surface area contributed by atoms with Crippen molar-refractivity contribution < 1.29 is 0 Å². The van der Waals surface area contributed by atoms with Gasteiger partial charge in [-0.3, -0.25) is 4.79 Å². The van der Waals surface area contributed by atoms with E-state index in [4.69, 9.17) is 11.6 Å². The molecule has 0 aliphatic carbocycles. The van der Waals surface area contributed by atoms with Crippen LogP contribution < -0.4 is 5.56 Å². The molecule has 0 saturated heterocycles. The Morgan fingerprint density at radius 1 is 1.24 bits per heavy atom. The van der Waals surface area contributed by atoms with Crippen LogP contribution in [-0.2, 0) is 12.4 Å². The maximum atomic E-state index is 12.2. The summed E-state index contributed by atoms with van der Waals surface area (Å²) in [5, 5.41) is 4.52. The van der Waals surface area contributed by atoms with Gasteiger partial charge in [0, 0.05) is 17.7 Å². The highest BCUT2D eigenvalue weighted by molar-refractivity contribution is 6.17. The molecule has 0 bridgehead atoms. The van der Waals surface area contributed by atoms with Gasteiger partial charge in [0.2, 0.25) is 0 Å². The lowest BCUT2D eigenvalue weighted by Crippen LogP contribution is -2.26. The minimum atomic E-state index is -0.0769. The summed E-state index contributed by atoms with van der Waals surface area (Å²) >= 11 is 5.92. The smallest absolute Gasteiger partial charge is 0.267 e. The number of nitrogens with zero attached hydrogens (tertiary/aromatic N) is 2. The molecule has 0 spiro atoms. The third kappa shape index (κ3) is 3.53. The molecule has 4 heteroatoms. The van der Waals surface area contributed by atoms with Crippen molar-refractivity contribution >= 4 is 11.6 Å². The molecule has 1 aromatic carbocycles. The average molecular weight is 305 g/mol. The van der Waals surface area contributed by atoms with E-state index < -0.39 is 0 Å². The zero-order chi connectivity index (χ0) is 15.4. The first-order valence-electron chi connectivity index (χ1n) is 7.31. The molecule has 112 valence electrons. The Morgan fingerprint density at radius 2 is 2.00 bits per heavy atom. The van der Waals surface area contributed by atoms with Crippen LogP contribution in [0.25, 0.3) is 11.3 Å². The number of aromatic nitrogens is 2. The SMILES string of the molecule is CCCCn1nc(-c2ccc(C)cc2C)cc(CCl)c1=O. The number of aryl methyl sites for hydroxylation is 3. The van der Waals surface area contributed by atoms with Crippen LogP contribution in [0.5, 0.6) is 0 Å². The summed E-state index contributed by atoms with van der Waals surface area (Å²) in [7, 11) is 0. The van der Waals surface area contributed by atoms with Crippen molar-refractivity contribution in [3.8, 4) is 11.3 Å². The Balaban J connectivity index is 2.55. The molecule has 1 heterocycles. The fraction of sp³-hybridized carbons (Fsp3) is 0.412. The monoisotopic (exact) mass is 304 g/mol. The number of benzene rings is 1. The second kappa shape index (κ2) is 6.90. The highest BCUT2D eigenvalue weighted by atomic mass is 35.5. The first-order chi connectivity index (χ1) is 10.1. The summed E-state index contributed by atoms with van der Waals surface area (Å²) in [6.45, 7) is 6.86. The fourth-order valence-electron chi connectivity index (χ4n) is 2.38. The molecule has 1 aromatic heterocycles. The number of unbranched alkanes of at least 4 members (excludes halogenated alkanes) is 1. The minimum Gasteiger partial charge on any atom is -0.267 e. The molecular formula is C17H21ClN2O. The molecule has 0 saturated carbocycles. The second-order valence-corrected chi connectivity index (χ2v) is 5.66. The van der Waals surface area contributed by atoms with Crippen molar-refractivity contribution in [3.63, 3.8) is 0 Å². The van der Waals surface area contributed by atoms with Crippen LogP contribution in [0.1, 0.15) is 36.5 Å². The Morgan fingerprint density at radius 3 is 2.62 bits per heavy atom. The maximum Gasteiger partial charge on any atom is 0.271 e. The molecule has 21 heavy (non-hydrogen) atoms. The van der Waals surface area contributed by atoms with Gasteiger partial charge in [0.25, 0.3) is 5.56 Å². The van der Waals surface area contributed by atoms with Gasteiger partial charge in [0.15, 0.2) is 0 Å². The van der Waals surface area contributed by atoms with E-state index in [0.717, 1.165) is 29.7 Å². The van der Waals surface area contributed by atoms with Crippen LogP contribution in [0, 0.1) is 13.8 Å². The van der Waals surface area contributed by atoms with Gasteiger partial charge < -0.3 is 0 Å². The van der Waals surface area contributed by atoms with Crippen LogP contribution in [0.2, 0.25) is 0 Å². The van der Waals surface area contributed by atoms with Gasteiger partial charge in [-0.2, -0.15) is 5.10 Å². The van der Waals surface area contributed by atoms with E-state index in [1.165, 1.54) is 5.56 Å². The van der Waals surface area contributed by atoms with Crippen LogP contribution in [0.15, 0.2) is 29.1 Å². The van der Waals surface area contributed by atoms with E-state index in [-0.39, 0.29) is 11.4 Å².